The standard InChI is InChI=1S/C24H17ClFN3O4/c1-12-4-3-5-17(25)20(12)23(31)29-19-11-13(22(27)30)6-9-16(19)21(28-29)15-8-7-14(10-18(15)26)24(32)33-2/h3-11H,1-2H3,(H2,27,30). The highest BCUT2D eigenvalue weighted by atomic mass is 35.5. The first kappa shape index (κ1) is 22.2. The Morgan fingerprint density at radius 1 is 1.06 bits per heavy atom. The maximum Gasteiger partial charge on any atom is 0.337 e. The Balaban J connectivity index is 1.97. The van der Waals surface area contributed by atoms with Gasteiger partial charge in [-0.1, -0.05) is 23.7 Å². The fourth-order valence-corrected chi connectivity index (χ4v) is 3.89. The fraction of sp³-hybridized carbons (Fsp3) is 0.0833. The van der Waals surface area contributed by atoms with Gasteiger partial charge >= 0.3 is 5.97 Å². The summed E-state index contributed by atoms with van der Waals surface area (Å²) in [4.78, 5) is 36.9. The molecule has 0 atom stereocenters. The monoisotopic (exact) mass is 465 g/mol. The number of ether oxygens (including phenoxy) is 1. The molecule has 0 saturated carbocycles. The summed E-state index contributed by atoms with van der Waals surface area (Å²) in [6, 6.07) is 13.2. The van der Waals surface area contributed by atoms with E-state index in [2.05, 4.69) is 9.84 Å². The number of hydrogen-bond acceptors (Lipinski definition) is 5. The summed E-state index contributed by atoms with van der Waals surface area (Å²) in [5, 5.41) is 5.01. The van der Waals surface area contributed by atoms with Crippen molar-refractivity contribution in [1.82, 2.24) is 9.78 Å². The Morgan fingerprint density at radius 2 is 1.79 bits per heavy atom. The van der Waals surface area contributed by atoms with Crippen LogP contribution < -0.4 is 5.73 Å². The molecule has 1 aromatic heterocycles. The molecule has 33 heavy (non-hydrogen) atoms. The molecule has 0 saturated heterocycles. The van der Waals surface area contributed by atoms with Crippen LogP contribution in [0.25, 0.3) is 22.2 Å². The normalized spacial score (nSPS) is 10.9. The van der Waals surface area contributed by atoms with Gasteiger partial charge in [0.05, 0.1) is 28.8 Å². The van der Waals surface area contributed by atoms with Crippen LogP contribution in [0, 0.1) is 12.7 Å². The minimum atomic E-state index is -0.732. The molecule has 9 heteroatoms. The molecule has 0 fully saturated rings. The largest absolute Gasteiger partial charge is 0.465 e. The van der Waals surface area contributed by atoms with E-state index in [1.165, 1.54) is 37.4 Å². The van der Waals surface area contributed by atoms with E-state index in [0.717, 1.165) is 10.7 Å². The van der Waals surface area contributed by atoms with Gasteiger partial charge in [-0.15, -0.1) is 0 Å². The number of aryl methyl sites for hydroxylation is 1. The molecule has 166 valence electrons. The maximum absolute atomic E-state index is 15.0. The van der Waals surface area contributed by atoms with Crippen molar-refractivity contribution < 1.29 is 23.5 Å². The average Bonchev–Trinajstić information content (AvgIpc) is 3.16. The Hall–Kier alpha value is -4.04. The van der Waals surface area contributed by atoms with Gasteiger partial charge in [-0.3, -0.25) is 9.59 Å². The van der Waals surface area contributed by atoms with Crippen LogP contribution in [0.2, 0.25) is 5.02 Å². The summed E-state index contributed by atoms with van der Waals surface area (Å²) in [5.74, 6) is -2.67. The first-order valence-electron chi connectivity index (χ1n) is 9.73. The van der Waals surface area contributed by atoms with Crippen molar-refractivity contribution in [3.63, 3.8) is 0 Å². The first-order valence-corrected chi connectivity index (χ1v) is 10.1. The molecule has 1 amide bonds. The number of nitrogens with zero attached hydrogens (tertiary/aromatic N) is 2. The van der Waals surface area contributed by atoms with E-state index in [4.69, 9.17) is 17.3 Å². The molecule has 0 aliphatic carbocycles. The molecule has 0 spiro atoms. The number of carbonyl (C=O) groups excluding carboxylic acids is 3. The van der Waals surface area contributed by atoms with Gasteiger partial charge in [0.1, 0.15) is 11.5 Å². The molecular formula is C24H17ClFN3O4. The van der Waals surface area contributed by atoms with Crippen molar-refractivity contribution in [3.8, 4) is 11.3 Å². The zero-order chi connectivity index (χ0) is 23.9. The molecule has 4 aromatic rings. The molecule has 0 bridgehead atoms. The van der Waals surface area contributed by atoms with Gasteiger partial charge in [0, 0.05) is 16.5 Å². The number of esters is 1. The lowest BCUT2D eigenvalue weighted by atomic mass is 10.0. The van der Waals surface area contributed by atoms with Crippen LogP contribution >= 0.6 is 11.6 Å². The Kier molecular flexibility index (Phi) is 5.69. The van der Waals surface area contributed by atoms with E-state index in [9.17, 15) is 18.8 Å². The maximum atomic E-state index is 15.0. The number of hydrogen-bond donors (Lipinski definition) is 1. The Bertz CT molecular complexity index is 1440. The molecule has 0 aliphatic rings. The van der Waals surface area contributed by atoms with Crippen LogP contribution in [0.4, 0.5) is 4.39 Å². The number of amides is 1. The van der Waals surface area contributed by atoms with Gasteiger partial charge < -0.3 is 10.5 Å². The number of halogens is 2. The third kappa shape index (κ3) is 3.85. The molecule has 2 N–H and O–H groups in total. The molecule has 3 aromatic carbocycles. The van der Waals surface area contributed by atoms with Crippen molar-refractivity contribution in [2.75, 3.05) is 7.11 Å². The Morgan fingerprint density at radius 3 is 2.42 bits per heavy atom. The first-order chi connectivity index (χ1) is 15.7. The lowest BCUT2D eigenvalue weighted by molar-refractivity contribution is 0.0600. The second-order valence-electron chi connectivity index (χ2n) is 7.28. The van der Waals surface area contributed by atoms with Crippen molar-refractivity contribution in [2.45, 2.75) is 6.92 Å². The number of primary amides is 1. The average molecular weight is 466 g/mol. The molecule has 0 radical (unpaired) electrons. The fourth-order valence-electron chi connectivity index (χ4n) is 3.58. The van der Waals surface area contributed by atoms with Crippen LogP contribution in [0.1, 0.15) is 36.6 Å². The highest BCUT2D eigenvalue weighted by Gasteiger charge is 2.24. The molecule has 4 rings (SSSR count). The van der Waals surface area contributed by atoms with E-state index in [0.29, 0.717) is 10.9 Å². The van der Waals surface area contributed by atoms with E-state index < -0.39 is 23.6 Å². The second kappa shape index (κ2) is 8.48. The highest BCUT2D eigenvalue weighted by molar-refractivity contribution is 6.34. The van der Waals surface area contributed by atoms with Crippen LogP contribution in [0.5, 0.6) is 0 Å². The lowest BCUT2D eigenvalue weighted by Crippen LogP contribution is -2.16. The summed E-state index contributed by atoms with van der Waals surface area (Å²) >= 11 is 6.28. The molecular weight excluding hydrogens is 449 g/mol. The number of rotatable bonds is 4. The van der Waals surface area contributed by atoms with Crippen LogP contribution in [-0.2, 0) is 4.74 Å². The molecule has 1 heterocycles. The zero-order valence-corrected chi connectivity index (χ0v) is 18.3. The van der Waals surface area contributed by atoms with Gasteiger partial charge in [-0.05, 0) is 55.0 Å². The van der Waals surface area contributed by atoms with Gasteiger partial charge in [0.15, 0.2) is 0 Å². The summed E-state index contributed by atoms with van der Waals surface area (Å²) in [6.07, 6.45) is 0. The minimum Gasteiger partial charge on any atom is -0.465 e. The predicted molar refractivity (Wildman–Crippen MR) is 121 cm³/mol. The number of nitrogens with two attached hydrogens (primary N) is 1. The Labute approximate surface area is 192 Å². The van der Waals surface area contributed by atoms with Crippen molar-refractivity contribution >= 4 is 40.3 Å². The number of benzene rings is 3. The van der Waals surface area contributed by atoms with Crippen LogP contribution in [0.15, 0.2) is 54.6 Å². The predicted octanol–water partition coefficient (Wildman–Crippen LogP) is 4.38. The van der Waals surface area contributed by atoms with Gasteiger partial charge in [-0.25, -0.2) is 9.18 Å². The summed E-state index contributed by atoms with van der Waals surface area (Å²) < 4.78 is 20.7. The van der Waals surface area contributed by atoms with E-state index in [1.807, 2.05) is 0 Å². The number of fused-ring (bicyclic) bond motifs is 1. The van der Waals surface area contributed by atoms with Crippen molar-refractivity contribution in [3.05, 3.63) is 87.7 Å². The van der Waals surface area contributed by atoms with Gasteiger partial charge in [0.25, 0.3) is 5.91 Å². The third-order valence-corrected chi connectivity index (χ3v) is 5.55. The molecule has 0 aliphatic heterocycles. The van der Waals surface area contributed by atoms with Crippen molar-refractivity contribution in [2.24, 2.45) is 5.73 Å². The third-order valence-electron chi connectivity index (χ3n) is 5.24. The topological polar surface area (TPSA) is 104 Å². The van der Waals surface area contributed by atoms with Crippen LogP contribution in [0.3, 0.4) is 0 Å². The summed E-state index contributed by atoms with van der Waals surface area (Å²) in [6.45, 7) is 1.73. The number of methoxy groups -OCH3 is 1. The summed E-state index contributed by atoms with van der Waals surface area (Å²) in [5.41, 5.74) is 6.90. The minimum absolute atomic E-state index is 0.0290. The van der Waals surface area contributed by atoms with Crippen molar-refractivity contribution in [1.29, 1.82) is 0 Å². The van der Waals surface area contributed by atoms with E-state index >= 15 is 0 Å². The van der Waals surface area contributed by atoms with Gasteiger partial charge in [-0.2, -0.15) is 9.78 Å². The molecule has 0 unspecified atom stereocenters. The summed E-state index contributed by atoms with van der Waals surface area (Å²) in [7, 11) is 1.20. The SMILES string of the molecule is COC(=O)c1ccc(-c2nn(C(=O)c3c(C)cccc3Cl)c3cc(C(N)=O)ccc23)c(F)c1. The number of aromatic nitrogens is 2. The second-order valence-corrected chi connectivity index (χ2v) is 7.69. The van der Waals surface area contributed by atoms with Crippen LogP contribution in [-0.4, -0.2) is 34.7 Å². The van der Waals surface area contributed by atoms with Gasteiger partial charge in [0.2, 0.25) is 5.91 Å². The lowest BCUT2D eigenvalue weighted by Gasteiger charge is -2.08. The smallest absolute Gasteiger partial charge is 0.337 e. The van der Waals surface area contributed by atoms with E-state index in [-0.39, 0.29) is 38.5 Å². The molecule has 7 nitrogen and oxygen atoms in total. The number of carbonyl (C=O) groups is 3. The zero-order valence-electron chi connectivity index (χ0n) is 17.6. The quantitative estimate of drug-likeness (QED) is 0.450. The van der Waals surface area contributed by atoms with E-state index in [1.54, 1.807) is 25.1 Å². The highest BCUT2D eigenvalue weighted by Crippen LogP contribution is 2.32.